The third-order valence-electron chi connectivity index (χ3n) is 5.33. The normalized spacial score (nSPS) is 11.5. The molecule has 0 radical (unpaired) electrons. The molecule has 1 amide bonds. The van der Waals surface area contributed by atoms with E-state index in [1.807, 2.05) is 25.1 Å². The van der Waals surface area contributed by atoms with Gasteiger partial charge in [0.15, 0.2) is 0 Å². The molecule has 0 heterocycles. The molecule has 0 aliphatic rings. The van der Waals surface area contributed by atoms with Crippen LogP contribution in [-0.4, -0.2) is 16.1 Å². The van der Waals surface area contributed by atoms with Crippen molar-refractivity contribution in [3.05, 3.63) is 77.9 Å². The second kappa shape index (κ2) is 5.86. The Balaban J connectivity index is 1.77. The largest absolute Gasteiger partial charge is 0.508 e. The zero-order valence-electron chi connectivity index (χ0n) is 15.2. The number of carbonyl (C=O) groups is 1. The molecule has 0 saturated carbocycles. The lowest BCUT2D eigenvalue weighted by molar-refractivity contribution is 0.102. The monoisotopic (exact) mass is 367 g/mol. The molecule has 0 bridgehead atoms. The van der Waals surface area contributed by atoms with E-state index in [1.165, 1.54) is 12.1 Å². The Kier molecular flexibility index (Phi) is 3.43. The highest BCUT2D eigenvalue weighted by atomic mass is 16.3. The standard InChI is InChI=1S/C24H17NO3/c1-13-2-3-14-4-5-15-6-11-18(23-20(27)12-19(13)21(14)22(15)23)24(28)25-16-7-9-17(26)10-8-16/h2-12,26-27H,1H3,(H,25,28). The van der Waals surface area contributed by atoms with E-state index in [0.717, 1.165) is 32.5 Å². The van der Waals surface area contributed by atoms with Crippen LogP contribution in [0.4, 0.5) is 5.69 Å². The number of phenols is 2. The molecular formula is C24H17NO3. The number of benzene rings is 5. The minimum atomic E-state index is -0.310. The molecule has 4 nitrogen and oxygen atoms in total. The summed E-state index contributed by atoms with van der Waals surface area (Å²) in [6.45, 7) is 2.02. The van der Waals surface area contributed by atoms with Gasteiger partial charge < -0.3 is 15.5 Å². The number of aromatic hydroxyl groups is 2. The van der Waals surface area contributed by atoms with Crippen molar-refractivity contribution in [3.8, 4) is 11.5 Å². The van der Waals surface area contributed by atoms with Crippen LogP contribution in [0, 0.1) is 6.92 Å². The van der Waals surface area contributed by atoms with E-state index in [4.69, 9.17) is 0 Å². The zero-order valence-corrected chi connectivity index (χ0v) is 15.2. The van der Waals surface area contributed by atoms with Gasteiger partial charge in [0.05, 0.1) is 5.56 Å². The Bertz CT molecular complexity index is 1370. The Morgan fingerprint density at radius 2 is 1.43 bits per heavy atom. The predicted octanol–water partition coefficient (Wildman–Crippen LogP) is 5.56. The summed E-state index contributed by atoms with van der Waals surface area (Å²) in [4.78, 5) is 13.0. The van der Waals surface area contributed by atoms with Crippen molar-refractivity contribution < 1.29 is 15.0 Å². The minimum Gasteiger partial charge on any atom is -0.508 e. The fourth-order valence-corrected chi connectivity index (χ4v) is 3.96. The molecule has 0 spiro atoms. The van der Waals surface area contributed by atoms with Gasteiger partial charge >= 0.3 is 0 Å². The summed E-state index contributed by atoms with van der Waals surface area (Å²) in [5.41, 5.74) is 2.06. The molecule has 136 valence electrons. The summed E-state index contributed by atoms with van der Waals surface area (Å²) < 4.78 is 0. The van der Waals surface area contributed by atoms with Crippen LogP contribution in [0.2, 0.25) is 0 Å². The average Bonchev–Trinajstić information content (AvgIpc) is 2.70. The SMILES string of the molecule is Cc1ccc2ccc3ccc(C(=O)Nc4ccc(O)cc4)c4c(O)cc1c2c34. The van der Waals surface area contributed by atoms with Crippen molar-refractivity contribution in [1.29, 1.82) is 0 Å². The Labute approximate surface area is 161 Å². The molecule has 0 aliphatic carbocycles. The Morgan fingerprint density at radius 1 is 0.786 bits per heavy atom. The number of carbonyl (C=O) groups excluding carboxylic acids is 1. The lowest BCUT2D eigenvalue weighted by Gasteiger charge is -2.16. The molecule has 0 fully saturated rings. The number of anilines is 1. The van der Waals surface area contributed by atoms with Gasteiger partial charge in [-0.05, 0) is 70.4 Å². The van der Waals surface area contributed by atoms with Gasteiger partial charge in [-0.15, -0.1) is 0 Å². The van der Waals surface area contributed by atoms with E-state index in [9.17, 15) is 15.0 Å². The summed E-state index contributed by atoms with van der Waals surface area (Å²) in [5, 5.41) is 28.6. The van der Waals surface area contributed by atoms with E-state index in [0.29, 0.717) is 16.6 Å². The van der Waals surface area contributed by atoms with E-state index < -0.39 is 0 Å². The first kappa shape index (κ1) is 16.4. The fourth-order valence-electron chi connectivity index (χ4n) is 3.96. The number of aryl methyl sites for hydroxylation is 1. The van der Waals surface area contributed by atoms with Crippen molar-refractivity contribution in [3.63, 3.8) is 0 Å². The maximum Gasteiger partial charge on any atom is 0.256 e. The highest BCUT2D eigenvalue weighted by Gasteiger charge is 2.19. The summed E-state index contributed by atoms with van der Waals surface area (Å²) in [7, 11) is 0. The summed E-state index contributed by atoms with van der Waals surface area (Å²) >= 11 is 0. The molecule has 28 heavy (non-hydrogen) atoms. The minimum absolute atomic E-state index is 0.0933. The van der Waals surface area contributed by atoms with Crippen LogP contribution >= 0.6 is 0 Å². The van der Waals surface area contributed by atoms with Crippen LogP contribution in [0.3, 0.4) is 0 Å². The second-order valence-corrected chi connectivity index (χ2v) is 7.08. The van der Waals surface area contributed by atoms with E-state index in [2.05, 4.69) is 17.4 Å². The first-order valence-corrected chi connectivity index (χ1v) is 9.03. The predicted molar refractivity (Wildman–Crippen MR) is 113 cm³/mol. The van der Waals surface area contributed by atoms with Crippen molar-refractivity contribution in [2.45, 2.75) is 6.92 Å². The smallest absolute Gasteiger partial charge is 0.256 e. The quantitative estimate of drug-likeness (QED) is 0.283. The number of rotatable bonds is 2. The van der Waals surface area contributed by atoms with Crippen molar-refractivity contribution in [2.75, 3.05) is 5.32 Å². The van der Waals surface area contributed by atoms with Crippen LogP contribution in [-0.2, 0) is 0 Å². The topological polar surface area (TPSA) is 69.6 Å². The van der Waals surface area contributed by atoms with Crippen LogP contribution < -0.4 is 5.32 Å². The third kappa shape index (κ3) is 2.35. The Hall–Kier alpha value is -3.79. The second-order valence-electron chi connectivity index (χ2n) is 7.08. The number of amides is 1. The van der Waals surface area contributed by atoms with Gasteiger partial charge in [-0.25, -0.2) is 0 Å². The highest BCUT2D eigenvalue weighted by Crippen LogP contribution is 2.42. The molecule has 5 aromatic carbocycles. The third-order valence-corrected chi connectivity index (χ3v) is 5.33. The molecule has 5 rings (SSSR count). The molecule has 4 heteroatoms. The summed E-state index contributed by atoms with van der Waals surface area (Å²) in [6.07, 6.45) is 0. The fraction of sp³-hybridized carbons (Fsp3) is 0.0417. The molecule has 0 unspecified atom stereocenters. The van der Waals surface area contributed by atoms with Gasteiger partial charge in [-0.2, -0.15) is 0 Å². The first-order chi connectivity index (χ1) is 13.5. The molecule has 0 aromatic heterocycles. The average molecular weight is 367 g/mol. The number of hydrogen-bond donors (Lipinski definition) is 3. The van der Waals surface area contributed by atoms with Gasteiger partial charge in [-0.3, -0.25) is 4.79 Å². The van der Waals surface area contributed by atoms with E-state index in [1.54, 1.807) is 24.3 Å². The molecular weight excluding hydrogens is 350 g/mol. The van der Waals surface area contributed by atoms with Gasteiger partial charge in [-0.1, -0.05) is 30.3 Å². The zero-order chi connectivity index (χ0) is 19.4. The lowest BCUT2D eigenvalue weighted by atomic mass is 9.89. The molecule has 0 atom stereocenters. The van der Waals surface area contributed by atoms with Gasteiger partial charge in [0.25, 0.3) is 5.91 Å². The number of nitrogens with one attached hydrogen (secondary N) is 1. The van der Waals surface area contributed by atoms with Gasteiger partial charge in [0.1, 0.15) is 11.5 Å². The summed E-state index contributed by atoms with van der Waals surface area (Å²) in [6, 6.07) is 19.9. The highest BCUT2D eigenvalue weighted by molar-refractivity contribution is 6.29. The van der Waals surface area contributed by atoms with Crippen molar-refractivity contribution in [2.24, 2.45) is 0 Å². The summed E-state index contributed by atoms with van der Waals surface area (Å²) in [5.74, 6) is -0.0832. The van der Waals surface area contributed by atoms with Crippen LogP contribution in [0.25, 0.3) is 32.3 Å². The lowest BCUT2D eigenvalue weighted by Crippen LogP contribution is -2.12. The van der Waals surface area contributed by atoms with Gasteiger partial charge in [0.2, 0.25) is 0 Å². The van der Waals surface area contributed by atoms with Gasteiger partial charge in [0, 0.05) is 16.5 Å². The van der Waals surface area contributed by atoms with E-state index >= 15 is 0 Å². The number of phenolic OH excluding ortho intramolecular Hbond substituents is 2. The number of hydrogen-bond acceptors (Lipinski definition) is 3. The molecule has 5 aromatic rings. The van der Waals surface area contributed by atoms with Crippen LogP contribution in [0.1, 0.15) is 15.9 Å². The molecule has 3 N–H and O–H groups in total. The van der Waals surface area contributed by atoms with E-state index in [-0.39, 0.29) is 17.4 Å². The van der Waals surface area contributed by atoms with Crippen molar-refractivity contribution >= 4 is 43.9 Å². The van der Waals surface area contributed by atoms with Crippen molar-refractivity contribution in [1.82, 2.24) is 0 Å². The van der Waals surface area contributed by atoms with Crippen LogP contribution in [0.15, 0.2) is 66.7 Å². The maximum absolute atomic E-state index is 13.0. The van der Waals surface area contributed by atoms with Crippen LogP contribution in [0.5, 0.6) is 11.5 Å². The maximum atomic E-state index is 13.0. The Morgan fingerprint density at radius 3 is 2.18 bits per heavy atom. The molecule has 0 aliphatic heterocycles. The molecule has 0 saturated heterocycles. The first-order valence-electron chi connectivity index (χ1n) is 9.03.